The van der Waals surface area contributed by atoms with Crippen molar-refractivity contribution in [1.29, 1.82) is 0 Å². The molecule has 0 radical (unpaired) electrons. The molecule has 1 aliphatic heterocycles. The highest BCUT2D eigenvalue weighted by atomic mass is 32.2. The van der Waals surface area contributed by atoms with Crippen molar-refractivity contribution in [3.63, 3.8) is 0 Å². The van der Waals surface area contributed by atoms with Crippen molar-refractivity contribution in [1.82, 2.24) is 4.90 Å². The Labute approximate surface area is 156 Å². The van der Waals surface area contributed by atoms with Gasteiger partial charge in [-0.05, 0) is 48.4 Å². The number of carbonyl (C=O) groups is 1. The molecule has 2 aromatic carbocycles. The third kappa shape index (κ3) is 5.26. The number of carbonyl (C=O) groups excluding carboxylic acids is 1. The third-order valence-corrected chi connectivity index (χ3v) is 6.14. The van der Waals surface area contributed by atoms with Crippen molar-refractivity contribution in [2.75, 3.05) is 18.1 Å². The number of sulfone groups is 1. The summed E-state index contributed by atoms with van der Waals surface area (Å²) in [6.45, 7) is -0.235. The van der Waals surface area contributed by atoms with Gasteiger partial charge in [0.05, 0.1) is 11.5 Å². The van der Waals surface area contributed by atoms with Crippen molar-refractivity contribution < 1.29 is 26.7 Å². The van der Waals surface area contributed by atoms with E-state index in [2.05, 4.69) is 0 Å². The molecule has 1 fully saturated rings. The summed E-state index contributed by atoms with van der Waals surface area (Å²) in [5.74, 6) is -1.03. The molecule has 1 aliphatic rings. The van der Waals surface area contributed by atoms with Crippen LogP contribution in [0.25, 0.3) is 0 Å². The molecule has 3 rings (SSSR count). The van der Waals surface area contributed by atoms with E-state index in [-0.39, 0.29) is 24.7 Å². The van der Waals surface area contributed by atoms with Gasteiger partial charge < -0.3 is 9.64 Å². The first-order valence-corrected chi connectivity index (χ1v) is 10.3. The SMILES string of the molecule is O=C(COc1ccc(F)cc1)N(Cc1cccc(F)c1)C1CCS(=O)(=O)C1. The van der Waals surface area contributed by atoms with Crippen LogP contribution in [0.4, 0.5) is 8.78 Å². The Balaban J connectivity index is 1.73. The monoisotopic (exact) mass is 395 g/mol. The van der Waals surface area contributed by atoms with Gasteiger partial charge in [0, 0.05) is 12.6 Å². The third-order valence-electron chi connectivity index (χ3n) is 4.39. The van der Waals surface area contributed by atoms with Crippen LogP contribution in [0.3, 0.4) is 0 Å². The average Bonchev–Trinajstić information content (AvgIpc) is 2.98. The molecule has 0 N–H and O–H groups in total. The van der Waals surface area contributed by atoms with Gasteiger partial charge >= 0.3 is 0 Å². The van der Waals surface area contributed by atoms with E-state index in [1.54, 1.807) is 6.07 Å². The van der Waals surface area contributed by atoms with E-state index in [9.17, 15) is 22.0 Å². The van der Waals surface area contributed by atoms with Crippen LogP contribution in [0.5, 0.6) is 5.75 Å². The first-order valence-electron chi connectivity index (χ1n) is 8.45. The first-order chi connectivity index (χ1) is 12.8. The average molecular weight is 395 g/mol. The van der Waals surface area contributed by atoms with Crippen molar-refractivity contribution in [2.45, 2.75) is 19.0 Å². The van der Waals surface area contributed by atoms with Crippen molar-refractivity contribution >= 4 is 15.7 Å². The van der Waals surface area contributed by atoms with Crippen molar-refractivity contribution in [2.24, 2.45) is 0 Å². The molecule has 1 saturated heterocycles. The lowest BCUT2D eigenvalue weighted by molar-refractivity contribution is -0.136. The Morgan fingerprint density at radius 3 is 2.48 bits per heavy atom. The predicted molar refractivity (Wildman–Crippen MR) is 95.9 cm³/mol. The lowest BCUT2D eigenvalue weighted by atomic mass is 10.1. The van der Waals surface area contributed by atoms with Crippen molar-refractivity contribution in [3.8, 4) is 5.75 Å². The number of rotatable bonds is 6. The molecule has 1 amide bonds. The Kier molecular flexibility index (Phi) is 5.74. The molecule has 0 saturated carbocycles. The van der Waals surface area contributed by atoms with Gasteiger partial charge in [-0.2, -0.15) is 0 Å². The number of hydrogen-bond acceptors (Lipinski definition) is 4. The molecule has 0 bridgehead atoms. The number of halogens is 2. The van der Waals surface area contributed by atoms with E-state index in [1.165, 1.54) is 47.4 Å². The first kappa shape index (κ1) is 19.3. The zero-order valence-corrected chi connectivity index (χ0v) is 15.3. The number of benzene rings is 2. The quantitative estimate of drug-likeness (QED) is 0.754. The van der Waals surface area contributed by atoms with E-state index < -0.39 is 33.4 Å². The van der Waals surface area contributed by atoms with Gasteiger partial charge in [0.2, 0.25) is 0 Å². The lowest BCUT2D eigenvalue weighted by Crippen LogP contribution is -2.43. The summed E-state index contributed by atoms with van der Waals surface area (Å²) in [4.78, 5) is 14.1. The standard InChI is InChI=1S/C19H19F2NO4S/c20-15-4-6-18(7-5-15)26-12-19(23)22(17-8-9-27(24,25)13-17)11-14-2-1-3-16(21)10-14/h1-7,10,17H,8-9,11-13H2. The number of hydrogen-bond donors (Lipinski definition) is 0. The van der Waals surface area contributed by atoms with Gasteiger partial charge in [-0.3, -0.25) is 4.79 Å². The summed E-state index contributed by atoms with van der Waals surface area (Å²) in [5, 5.41) is 0. The molecule has 5 nitrogen and oxygen atoms in total. The van der Waals surface area contributed by atoms with Crippen LogP contribution in [-0.4, -0.2) is 43.4 Å². The van der Waals surface area contributed by atoms with Crippen LogP contribution in [-0.2, 0) is 21.2 Å². The minimum absolute atomic E-state index is 0.0173. The predicted octanol–water partition coefficient (Wildman–Crippen LogP) is 2.56. The molecular formula is C19H19F2NO4S. The summed E-state index contributed by atoms with van der Waals surface area (Å²) < 4.78 is 55.5. The summed E-state index contributed by atoms with van der Waals surface area (Å²) >= 11 is 0. The van der Waals surface area contributed by atoms with Gasteiger partial charge in [0.25, 0.3) is 5.91 Å². The summed E-state index contributed by atoms with van der Waals surface area (Å²) in [6.07, 6.45) is 0.333. The number of amides is 1. The van der Waals surface area contributed by atoms with Gasteiger partial charge in [0.15, 0.2) is 16.4 Å². The van der Waals surface area contributed by atoms with Crippen LogP contribution < -0.4 is 4.74 Å². The van der Waals surface area contributed by atoms with E-state index in [4.69, 9.17) is 4.74 Å². The Morgan fingerprint density at radius 1 is 1.11 bits per heavy atom. The van der Waals surface area contributed by atoms with E-state index in [1.807, 2.05) is 0 Å². The Bertz CT molecular complexity index is 916. The van der Waals surface area contributed by atoms with Crippen LogP contribution in [0.1, 0.15) is 12.0 Å². The highest BCUT2D eigenvalue weighted by Gasteiger charge is 2.34. The minimum Gasteiger partial charge on any atom is -0.484 e. The zero-order chi connectivity index (χ0) is 19.4. The second-order valence-corrected chi connectivity index (χ2v) is 8.68. The fourth-order valence-corrected chi connectivity index (χ4v) is 4.76. The van der Waals surface area contributed by atoms with Crippen LogP contribution >= 0.6 is 0 Å². The van der Waals surface area contributed by atoms with Crippen LogP contribution in [0.2, 0.25) is 0 Å². The molecule has 1 heterocycles. The highest BCUT2D eigenvalue weighted by molar-refractivity contribution is 7.91. The molecule has 1 atom stereocenters. The normalized spacial score (nSPS) is 18.2. The molecule has 0 aliphatic carbocycles. The molecule has 0 spiro atoms. The zero-order valence-electron chi connectivity index (χ0n) is 14.5. The Morgan fingerprint density at radius 2 is 1.85 bits per heavy atom. The summed E-state index contributed by atoms with van der Waals surface area (Å²) in [6, 6.07) is 10.6. The lowest BCUT2D eigenvalue weighted by Gasteiger charge is -2.28. The smallest absolute Gasteiger partial charge is 0.261 e. The number of nitrogens with zero attached hydrogens (tertiary/aromatic N) is 1. The fraction of sp³-hybridized carbons (Fsp3) is 0.316. The fourth-order valence-electron chi connectivity index (χ4n) is 3.03. The van der Waals surface area contributed by atoms with Gasteiger partial charge in [0.1, 0.15) is 17.4 Å². The maximum absolute atomic E-state index is 13.5. The summed E-state index contributed by atoms with van der Waals surface area (Å²) in [7, 11) is -3.20. The van der Waals surface area contributed by atoms with Gasteiger partial charge in [-0.25, -0.2) is 17.2 Å². The second kappa shape index (κ2) is 8.04. The molecule has 27 heavy (non-hydrogen) atoms. The molecule has 8 heteroatoms. The van der Waals surface area contributed by atoms with E-state index in [0.29, 0.717) is 17.7 Å². The maximum atomic E-state index is 13.5. The molecule has 1 unspecified atom stereocenters. The van der Waals surface area contributed by atoms with Gasteiger partial charge in [-0.15, -0.1) is 0 Å². The summed E-state index contributed by atoms with van der Waals surface area (Å²) in [5.41, 5.74) is 0.564. The minimum atomic E-state index is -3.20. The van der Waals surface area contributed by atoms with E-state index >= 15 is 0 Å². The van der Waals surface area contributed by atoms with E-state index in [0.717, 1.165) is 0 Å². The molecule has 0 aromatic heterocycles. The number of ether oxygens (including phenoxy) is 1. The molecule has 144 valence electrons. The van der Waals surface area contributed by atoms with Crippen molar-refractivity contribution in [3.05, 3.63) is 65.7 Å². The maximum Gasteiger partial charge on any atom is 0.261 e. The second-order valence-electron chi connectivity index (χ2n) is 6.45. The van der Waals surface area contributed by atoms with Crippen LogP contribution in [0.15, 0.2) is 48.5 Å². The molecule has 2 aromatic rings. The highest BCUT2D eigenvalue weighted by Crippen LogP contribution is 2.21. The molecular weight excluding hydrogens is 376 g/mol. The largest absolute Gasteiger partial charge is 0.484 e. The topological polar surface area (TPSA) is 63.7 Å². The Hall–Kier alpha value is -2.48. The van der Waals surface area contributed by atoms with Crippen LogP contribution in [0, 0.1) is 11.6 Å². The van der Waals surface area contributed by atoms with Gasteiger partial charge in [-0.1, -0.05) is 12.1 Å².